The highest BCUT2D eigenvalue weighted by atomic mass is 35.5. The number of halogens is 2. The van der Waals surface area contributed by atoms with Crippen LogP contribution >= 0.6 is 23.2 Å². The van der Waals surface area contributed by atoms with Crippen LogP contribution in [0.3, 0.4) is 0 Å². The summed E-state index contributed by atoms with van der Waals surface area (Å²) in [4.78, 5) is 32.0. The van der Waals surface area contributed by atoms with Crippen molar-refractivity contribution in [3.05, 3.63) is 74.3 Å². The van der Waals surface area contributed by atoms with E-state index in [1.165, 1.54) is 0 Å². The number of ether oxygens (including phenoxy) is 1. The fourth-order valence-electron chi connectivity index (χ4n) is 3.41. The predicted molar refractivity (Wildman–Crippen MR) is 104 cm³/mol. The van der Waals surface area contributed by atoms with E-state index in [2.05, 4.69) is 9.97 Å². The molecule has 5 nitrogen and oxygen atoms in total. The van der Waals surface area contributed by atoms with E-state index in [0.717, 1.165) is 24.8 Å². The Kier molecular flexibility index (Phi) is 4.66. The van der Waals surface area contributed by atoms with Gasteiger partial charge >= 0.3 is 5.97 Å². The topological polar surface area (TPSA) is 72.0 Å². The number of H-pyrrole nitrogens is 1. The van der Waals surface area contributed by atoms with E-state index >= 15 is 0 Å². The first-order chi connectivity index (χ1) is 13.0. The molecule has 1 saturated carbocycles. The third kappa shape index (κ3) is 3.33. The Morgan fingerprint density at radius 3 is 2.48 bits per heavy atom. The Balaban J connectivity index is 1.56. The molecule has 3 aromatic rings. The smallest absolute Gasteiger partial charge is 0.317 e. The van der Waals surface area contributed by atoms with Gasteiger partial charge in [-0.2, -0.15) is 0 Å². The highest BCUT2D eigenvalue weighted by Crippen LogP contribution is 2.45. The molecule has 0 radical (unpaired) electrons. The number of aromatic amines is 1. The summed E-state index contributed by atoms with van der Waals surface area (Å²) in [6, 6.07) is 12.1. The van der Waals surface area contributed by atoms with E-state index in [-0.39, 0.29) is 24.0 Å². The molecule has 4 rings (SSSR count). The minimum atomic E-state index is -0.648. The quantitative estimate of drug-likeness (QED) is 0.656. The number of rotatable bonds is 4. The van der Waals surface area contributed by atoms with Crippen LogP contribution in [0, 0.1) is 0 Å². The van der Waals surface area contributed by atoms with Crippen molar-refractivity contribution in [2.75, 3.05) is 0 Å². The van der Waals surface area contributed by atoms with Gasteiger partial charge in [0.1, 0.15) is 12.4 Å². The molecule has 2 aromatic carbocycles. The molecular formula is C20H16Cl2N2O3. The van der Waals surface area contributed by atoms with Crippen LogP contribution in [0.15, 0.2) is 47.3 Å². The van der Waals surface area contributed by atoms with Crippen molar-refractivity contribution < 1.29 is 9.53 Å². The highest BCUT2D eigenvalue weighted by Gasteiger charge is 2.47. The maximum absolute atomic E-state index is 12.8. The number of carbonyl (C=O) groups is 1. The number of nitrogens with one attached hydrogen (secondary N) is 1. The molecule has 0 bridgehead atoms. The van der Waals surface area contributed by atoms with Gasteiger partial charge in [-0.3, -0.25) is 9.59 Å². The highest BCUT2D eigenvalue weighted by molar-refractivity contribution is 6.31. The fraction of sp³-hybridized carbons (Fsp3) is 0.250. The molecule has 1 aromatic heterocycles. The van der Waals surface area contributed by atoms with Crippen LogP contribution in [0.25, 0.3) is 10.9 Å². The zero-order valence-corrected chi connectivity index (χ0v) is 15.8. The number of carbonyl (C=O) groups excluding carboxylic acids is 1. The van der Waals surface area contributed by atoms with E-state index < -0.39 is 5.41 Å². The van der Waals surface area contributed by atoms with Gasteiger partial charge < -0.3 is 9.72 Å². The Morgan fingerprint density at radius 2 is 1.81 bits per heavy atom. The molecule has 1 aliphatic rings. The van der Waals surface area contributed by atoms with Crippen LogP contribution in [0.4, 0.5) is 0 Å². The summed E-state index contributed by atoms with van der Waals surface area (Å²) in [6.45, 7) is -0.105. The standard InChI is InChI=1S/C20H16Cl2N2O3/c21-13-4-2-12(3-5-13)20(8-1-9-20)19(26)27-11-17-23-16-10-14(22)6-7-15(16)18(25)24-17/h2-7,10H,1,8-9,11H2,(H,23,24,25). The summed E-state index contributed by atoms with van der Waals surface area (Å²) < 4.78 is 5.52. The first kappa shape index (κ1) is 18.0. The van der Waals surface area contributed by atoms with Crippen molar-refractivity contribution in [1.29, 1.82) is 0 Å². The van der Waals surface area contributed by atoms with E-state index in [4.69, 9.17) is 27.9 Å². The molecule has 0 saturated heterocycles. The maximum Gasteiger partial charge on any atom is 0.317 e. The second-order valence-corrected chi connectivity index (χ2v) is 7.57. The van der Waals surface area contributed by atoms with Crippen LogP contribution in [0.5, 0.6) is 0 Å². The van der Waals surface area contributed by atoms with E-state index in [1.54, 1.807) is 30.3 Å². The molecule has 27 heavy (non-hydrogen) atoms. The molecule has 1 aliphatic carbocycles. The van der Waals surface area contributed by atoms with Gasteiger partial charge in [0.2, 0.25) is 0 Å². The Labute approximate surface area is 165 Å². The number of nitrogens with zero attached hydrogens (tertiary/aromatic N) is 1. The molecule has 1 N–H and O–H groups in total. The van der Waals surface area contributed by atoms with Gasteiger partial charge in [-0.25, -0.2) is 4.98 Å². The zero-order valence-electron chi connectivity index (χ0n) is 14.3. The van der Waals surface area contributed by atoms with Crippen molar-refractivity contribution in [3.8, 4) is 0 Å². The normalized spacial score (nSPS) is 15.3. The molecule has 1 heterocycles. The molecule has 7 heteroatoms. The molecule has 0 spiro atoms. The average molecular weight is 403 g/mol. The van der Waals surface area contributed by atoms with Gasteiger partial charge in [-0.05, 0) is 48.7 Å². The van der Waals surface area contributed by atoms with Crippen molar-refractivity contribution in [2.45, 2.75) is 31.3 Å². The minimum Gasteiger partial charge on any atom is -0.457 e. The Bertz CT molecular complexity index is 1070. The van der Waals surface area contributed by atoms with Crippen molar-refractivity contribution >= 4 is 40.1 Å². The van der Waals surface area contributed by atoms with Gasteiger partial charge in [0, 0.05) is 10.0 Å². The molecule has 138 valence electrons. The summed E-state index contributed by atoms with van der Waals surface area (Å²) in [6.07, 6.45) is 2.41. The number of fused-ring (bicyclic) bond motifs is 1. The van der Waals surface area contributed by atoms with E-state index in [0.29, 0.717) is 20.9 Å². The second kappa shape index (κ2) is 6.98. The van der Waals surface area contributed by atoms with E-state index in [1.807, 2.05) is 12.1 Å². The first-order valence-electron chi connectivity index (χ1n) is 8.60. The van der Waals surface area contributed by atoms with Gasteiger partial charge in [0.25, 0.3) is 5.56 Å². The lowest BCUT2D eigenvalue weighted by Gasteiger charge is -2.39. The molecular weight excluding hydrogens is 387 g/mol. The van der Waals surface area contributed by atoms with Crippen molar-refractivity contribution in [2.24, 2.45) is 0 Å². The van der Waals surface area contributed by atoms with Crippen molar-refractivity contribution in [3.63, 3.8) is 0 Å². The van der Waals surface area contributed by atoms with Crippen LogP contribution < -0.4 is 5.56 Å². The Hall–Kier alpha value is -2.37. The molecule has 0 aliphatic heterocycles. The lowest BCUT2D eigenvalue weighted by molar-refractivity contribution is -0.156. The van der Waals surface area contributed by atoms with Crippen LogP contribution in [-0.4, -0.2) is 15.9 Å². The maximum atomic E-state index is 12.8. The monoisotopic (exact) mass is 402 g/mol. The summed E-state index contributed by atoms with van der Waals surface area (Å²) in [5, 5.41) is 1.55. The molecule has 0 amide bonds. The second-order valence-electron chi connectivity index (χ2n) is 6.69. The molecule has 1 fully saturated rings. The lowest BCUT2D eigenvalue weighted by atomic mass is 9.64. The van der Waals surface area contributed by atoms with E-state index in [9.17, 15) is 9.59 Å². The van der Waals surface area contributed by atoms with Gasteiger partial charge in [-0.15, -0.1) is 0 Å². The minimum absolute atomic E-state index is 0.105. The van der Waals surface area contributed by atoms with Gasteiger partial charge in [0.05, 0.1) is 16.3 Å². The van der Waals surface area contributed by atoms with Crippen molar-refractivity contribution in [1.82, 2.24) is 9.97 Å². The number of benzene rings is 2. The molecule has 0 unspecified atom stereocenters. The average Bonchev–Trinajstić information content (AvgIpc) is 2.60. The summed E-state index contributed by atoms with van der Waals surface area (Å²) in [5.41, 5.74) is 0.424. The third-order valence-electron chi connectivity index (χ3n) is 5.05. The SMILES string of the molecule is O=C(OCc1nc2cc(Cl)ccc2c(=O)[nH]1)C1(c2ccc(Cl)cc2)CCC1. The Morgan fingerprint density at radius 1 is 1.11 bits per heavy atom. The fourth-order valence-corrected chi connectivity index (χ4v) is 3.70. The largest absolute Gasteiger partial charge is 0.457 e. The summed E-state index contributed by atoms with van der Waals surface area (Å²) in [5.74, 6) is -0.0291. The lowest BCUT2D eigenvalue weighted by Crippen LogP contribution is -2.43. The molecule has 0 atom stereocenters. The van der Waals surface area contributed by atoms with Crippen LogP contribution in [0.2, 0.25) is 10.0 Å². The first-order valence-corrected chi connectivity index (χ1v) is 9.35. The number of aromatic nitrogens is 2. The van der Waals surface area contributed by atoms with Gasteiger partial charge in [0.15, 0.2) is 0 Å². The number of hydrogen-bond donors (Lipinski definition) is 1. The third-order valence-corrected chi connectivity index (χ3v) is 5.54. The number of esters is 1. The zero-order chi connectivity index (χ0) is 19.0. The van der Waals surface area contributed by atoms with Crippen LogP contribution in [0.1, 0.15) is 30.7 Å². The predicted octanol–water partition coefficient (Wildman–Crippen LogP) is 4.40. The summed E-state index contributed by atoms with van der Waals surface area (Å²) in [7, 11) is 0. The summed E-state index contributed by atoms with van der Waals surface area (Å²) >= 11 is 11.9. The van der Waals surface area contributed by atoms with Crippen LogP contribution in [-0.2, 0) is 21.6 Å². The number of hydrogen-bond acceptors (Lipinski definition) is 4. The van der Waals surface area contributed by atoms with Gasteiger partial charge in [-0.1, -0.05) is 41.8 Å².